The molecule has 1 saturated heterocycles. The second-order valence-electron chi connectivity index (χ2n) is 6.72. The second kappa shape index (κ2) is 7.93. The van der Waals surface area contributed by atoms with E-state index in [0.29, 0.717) is 19.6 Å². The predicted octanol–water partition coefficient (Wildman–Crippen LogP) is 3.14. The van der Waals surface area contributed by atoms with E-state index in [2.05, 4.69) is 4.90 Å². The number of carboxylic acids is 1. The van der Waals surface area contributed by atoms with Crippen LogP contribution in [0.15, 0.2) is 48.5 Å². The van der Waals surface area contributed by atoms with Gasteiger partial charge in [-0.1, -0.05) is 24.3 Å². The van der Waals surface area contributed by atoms with Gasteiger partial charge in [0.1, 0.15) is 11.6 Å². The molecule has 1 aliphatic rings. The molecule has 2 aromatic rings. The molecule has 0 amide bonds. The molecule has 2 aromatic carbocycles. The Labute approximate surface area is 151 Å². The molecule has 0 spiro atoms. The Morgan fingerprint density at radius 2 is 1.69 bits per heavy atom. The lowest BCUT2D eigenvalue weighted by molar-refractivity contribution is -0.139. The molecular formula is C20H22F2N2O2. The molecule has 4 nitrogen and oxygen atoms in total. The quantitative estimate of drug-likeness (QED) is 0.890. The van der Waals surface area contributed by atoms with Crippen LogP contribution >= 0.6 is 0 Å². The first-order valence-corrected chi connectivity index (χ1v) is 8.65. The van der Waals surface area contributed by atoms with Crippen LogP contribution in [0, 0.1) is 11.6 Å². The highest BCUT2D eigenvalue weighted by molar-refractivity contribution is 5.69. The fourth-order valence-electron chi connectivity index (χ4n) is 3.63. The SMILES string of the molecule is C[C@@H]1CN(C(c2cccc(F)c2)c2cccc(F)c2)CCN1CC(=O)O. The van der Waals surface area contributed by atoms with E-state index in [9.17, 15) is 13.6 Å². The molecule has 0 bridgehead atoms. The van der Waals surface area contributed by atoms with Crippen molar-refractivity contribution in [2.45, 2.75) is 19.0 Å². The fourth-order valence-corrected chi connectivity index (χ4v) is 3.63. The van der Waals surface area contributed by atoms with Gasteiger partial charge in [-0.3, -0.25) is 14.6 Å². The summed E-state index contributed by atoms with van der Waals surface area (Å²) in [5, 5.41) is 9.04. The molecule has 0 aromatic heterocycles. The van der Waals surface area contributed by atoms with Gasteiger partial charge in [-0.2, -0.15) is 0 Å². The molecule has 6 heteroatoms. The zero-order chi connectivity index (χ0) is 18.7. The minimum absolute atomic E-state index is 0.000393. The Bertz CT molecular complexity index is 738. The summed E-state index contributed by atoms with van der Waals surface area (Å²) < 4.78 is 27.6. The van der Waals surface area contributed by atoms with E-state index < -0.39 is 5.97 Å². The van der Waals surface area contributed by atoms with Crippen LogP contribution in [-0.4, -0.2) is 53.1 Å². The summed E-state index contributed by atoms with van der Waals surface area (Å²) in [7, 11) is 0. The van der Waals surface area contributed by atoms with Gasteiger partial charge in [-0.15, -0.1) is 0 Å². The van der Waals surface area contributed by atoms with Gasteiger partial charge >= 0.3 is 5.97 Å². The molecule has 26 heavy (non-hydrogen) atoms. The molecule has 0 radical (unpaired) electrons. The van der Waals surface area contributed by atoms with Crippen LogP contribution in [0.4, 0.5) is 8.78 Å². The molecule has 3 rings (SSSR count). The van der Waals surface area contributed by atoms with Crippen LogP contribution in [0.5, 0.6) is 0 Å². The Balaban J connectivity index is 1.91. The molecular weight excluding hydrogens is 338 g/mol. The smallest absolute Gasteiger partial charge is 0.317 e. The number of halogens is 2. The normalized spacial score (nSPS) is 19.0. The Morgan fingerprint density at radius 3 is 2.15 bits per heavy atom. The number of hydrogen-bond donors (Lipinski definition) is 1. The molecule has 1 heterocycles. The van der Waals surface area contributed by atoms with E-state index in [-0.39, 0.29) is 30.3 Å². The van der Waals surface area contributed by atoms with Gasteiger partial charge in [0.25, 0.3) is 0 Å². The highest BCUT2D eigenvalue weighted by Crippen LogP contribution is 2.31. The van der Waals surface area contributed by atoms with Crippen molar-refractivity contribution in [3.05, 3.63) is 71.3 Å². The summed E-state index contributed by atoms with van der Waals surface area (Å²) in [5.74, 6) is -1.51. The highest BCUT2D eigenvalue weighted by Gasteiger charge is 2.31. The number of carbonyl (C=O) groups is 1. The number of aliphatic carboxylic acids is 1. The van der Waals surface area contributed by atoms with Gasteiger partial charge < -0.3 is 5.11 Å². The highest BCUT2D eigenvalue weighted by atomic mass is 19.1. The third-order valence-corrected chi connectivity index (χ3v) is 4.83. The molecule has 0 unspecified atom stereocenters. The lowest BCUT2D eigenvalue weighted by Gasteiger charge is -2.43. The largest absolute Gasteiger partial charge is 0.480 e. The third-order valence-electron chi connectivity index (χ3n) is 4.83. The lowest BCUT2D eigenvalue weighted by atomic mass is 9.95. The van der Waals surface area contributed by atoms with Crippen molar-refractivity contribution in [1.29, 1.82) is 0 Å². The van der Waals surface area contributed by atoms with Crippen LogP contribution < -0.4 is 0 Å². The number of carboxylic acid groups (broad SMARTS) is 1. The first-order chi connectivity index (χ1) is 12.4. The van der Waals surface area contributed by atoms with E-state index in [4.69, 9.17) is 5.11 Å². The van der Waals surface area contributed by atoms with Crippen LogP contribution in [0.2, 0.25) is 0 Å². The predicted molar refractivity (Wildman–Crippen MR) is 94.9 cm³/mol. The number of hydrogen-bond acceptors (Lipinski definition) is 3. The summed E-state index contributed by atoms with van der Waals surface area (Å²) in [6.45, 7) is 3.80. The van der Waals surface area contributed by atoms with Gasteiger partial charge in [-0.25, -0.2) is 8.78 Å². The molecule has 138 valence electrons. The van der Waals surface area contributed by atoms with E-state index in [1.807, 2.05) is 24.0 Å². The molecule has 1 N–H and O–H groups in total. The monoisotopic (exact) mass is 360 g/mol. The third kappa shape index (κ3) is 4.26. The second-order valence-corrected chi connectivity index (χ2v) is 6.72. The summed E-state index contributed by atoms with van der Waals surface area (Å²) in [4.78, 5) is 15.1. The summed E-state index contributed by atoms with van der Waals surface area (Å²) in [5.41, 5.74) is 1.52. The van der Waals surface area contributed by atoms with Gasteiger partial charge in [0.05, 0.1) is 12.6 Å². The fraction of sp³-hybridized carbons (Fsp3) is 0.350. The van der Waals surface area contributed by atoms with Crippen molar-refractivity contribution in [1.82, 2.24) is 9.80 Å². The van der Waals surface area contributed by atoms with E-state index in [1.165, 1.54) is 24.3 Å². The molecule has 1 fully saturated rings. The molecule has 1 atom stereocenters. The van der Waals surface area contributed by atoms with Crippen LogP contribution in [-0.2, 0) is 4.79 Å². The van der Waals surface area contributed by atoms with Crippen molar-refractivity contribution in [3.8, 4) is 0 Å². The van der Waals surface area contributed by atoms with Crippen LogP contribution in [0.3, 0.4) is 0 Å². The molecule has 1 aliphatic heterocycles. The Kier molecular flexibility index (Phi) is 5.64. The number of benzene rings is 2. The van der Waals surface area contributed by atoms with Crippen molar-refractivity contribution in [2.75, 3.05) is 26.2 Å². The topological polar surface area (TPSA) is 43.8 Å². The van der Waals surface area contributed by atoms with Crippen molar-refractivity contribution in [2.24, 2.45) is 0 Å². The lowest BCUT2D eigenvalue weighted by Crippen LogP contribution is -2.54. The van der Waals surface area contributed by atoms with Crippen molar-refractivity contribution in [3.63, 3.8) is 0 Å². The molecule has 0 aliphatic carbocycles. The number of rotatable bonds is 5. The maximum atomic E-state index is 13.8. The van der Waals surface area contributed by atoms with Gasteiger partial charge in [0.2, 0.25) is 0 Å². The number of nitrogens with zero attached hydrogens (tertiary/aromatic N) is 2. The van der Waals surface area contributed by atoms with Crippen LogP contribution in [0.25, 0.3) is 0 Å². The maximum absolute atomic E-state index is 13.8. The van der Waals surface area contributed by atoms with Gasteiger partial charge in [-0.05, 0) is 42.3 Å². The van der Waals surface area contributed by atoms with E-state index >= 15 is 0 Å². The summed E-state index contributed by atoms with van der Waals surface area (Å²) >= 11 is 0. The summed E-state index contributed by atoms with van der Waals surface area (Å²) in [6.07, 6.45) is 0. The van der Waals surface area contributed by atoms with Crippen molar-refractivity contribution < 1.29 is 18.7 Å². The first kappa shape index (κ1) is 18.5. The zero-order valence-electron chi connectivity index (χ0n) is 14.6. The van der Waals surface area contributed by atoms with E-state index in [0.717, 1.165) is 11.1 Å². The van der Waals surface area contributed by atoms with E-state index in [1.54, 1.807) is 12.1 Å². The average molecular weight is 360 g/mol. The Hall–Kier alpha value is -2.31. The van der Waals surface area contributed by atoms with Crippen LogP contribution in [0.1, 0.15) is 24.1 Å². The first-order valence-electron chi connectivity index (χ1n) is 8.65. The number of piperazine rings is 1. The van der Waals surface area contributed by atoms with Crippen molar-refractivity contribution >= 4 is 5.97 Å². The minimum Gasteiger partial charge on any atom is -0.480 e. The zero-order valence-corrected chi connectivity index (χ0v) is 14.6. The average Bonchev–Trinajstić information content (AvgIpc) is 2.57. The molecule has 0 saturated carbocycles. The maximum Gasteiger partial charge on any atom is 0.317 e. The Morgan fingerprint density at radius 1 is 1.12 bits per heavy atom. The summed E-state index contributed by atoms with van der Waals surface area (Å²) in [6, 6.07) is 12.5. The minimum atomic E-state index is -0.850. The van der Waals surface area contributed by atoms with Gasteiger partial charge in [0, 0.05) is 25.7 Å². The van der Waals surface area contributed by atoms with Gasteiger partial charge in [0.15, 0.2) is 0 Å². The standard InChI is InChI=1S/C20H22F2N2O2/c1-14-12-24(9-8-23(14)13-19(25)26)20(15-4-2-6-17(21)10-15)16-5-3-7-18(22)11-16/h2-7,10-11,14,20H,8-9,12-13H2,1H3,(H,25,26)/t14-/m1/s1.